The van der Waals surface area contributed by atoms with Crippen molar-refractivity contribution in [2.45, 2.75) is 25.3 Å². The molecule has 4 rings (SSSR count). The number of hydrogen-bond acceptors (Lipinski definition) is 7. The number of rotatable bonds is 7. The van der Waals surface area contributed by atoms with Crippen molar-refractivity contribution in [2.24, 2.45) is 5.10 Å². The highest BCUT2D eigenvalue weighted by Crippen LogP contribution is 2.16. The van der Waals surface area contributed by atoms with E-state index in [2.05, 4.69) is 20.2 Å². The second-order valence-electron chi connectivity index (χ2n) is 6.74. The number of sulfonamides is 1. The van der Waals surface area contributed by atoms with Gasteiger partial charge < -0.3 is 4.42 Å². The molecular formula is C20H19N5O4S2. The highest BCUT2D eigenvalue weighted by Gasteiger charge is 2.17. The number of fused-ring (bicyclic) bond motifs is 1. The predicted octanol–water partition coefficient (Wildman–Crippen LogP) is 2.85. The summed E-state index contributed by atoms with van der Waals surface area (Å²) in [5.74, 6) is 0.392. The van der Waals surface area contributed by atoms with Crippen LogP contribution in [0.1, 0.15) is 33.3 Å². The molecule has 1 aromatic carbocycles. The SMILES string of the molecule is Cc1ccc(S(=O)(=O)NCc2ccc(/C=N/NC(=O)c3c(C)nc4sccn34)o2)cc1. The molecule has 2 N–H and O–H groups in total. The van der Waals surface area contributed by atoms with Crippen LogP contribution in [0.4, 0.5) is 0 Å². The molecule has 4 aromatic rings. The third-order valence-corrected chi connectivity index (χ3v) is 6.63. The van der Waals surface area contributed by atoms with E-state index in [1.807, 2.05) is 12.3 Å². The summed E-state index contributed by atoms with van der Waals surface area (Å²) in [4.78, 5) is 17.7. The van der Waals surface area contributed by atoms with Crippen molar-refractivity contribution in [2.75, 3.05) is 0 Å². The van der Waals surface area contributed by atoms with Gasteiger partial charge in [0, 0.05) is 11.6 Å². The van der Waals surface area contributed by atoms with Gasteiger partial charge in [-0.25, -0.2) is 23.5 Å². The van der Waals surface area contributed by atoms with E-state index in [4.69, 9.17) is 4.42 Å². The van der Waals surface area contributed by atoms with Crippen LogP contribution in [0.3, 0.4) is 0 Å². The molecule has 0 saturated heterocycles. The lowest BCUT2D eigenvalue weighted by molar-refractivity contribution is 0.0948. The van der Waals surface area contributed by atoms with E-state index in [-0.39, 0.29) is 11.4 Å². The molecule has 0 fully saturated rings. The van der Waals surface area contributed by atoms with Gasteiger partial charge in [0.1, 0.15) is 17.2 Å². The van der Waals surface area contributed by atoms with Crippen LogP contribution in [0, 0.1) is 13.8 Å². The molecule has 160 valence electrons. The zero-order valence-corrected chi connectivity index (χ0v) is 18.3. The fraction of sp³-hybridized carbons (Fsp3) is 0.150. The van der Waals surface area contributed by atoms with Gasteiger partial charge in [0.15, 0.2) is 4.96 Å². The maximum atomic E-state index is 12.4. The number of aromatic nitrogens is 2. The van der Waals surface area contributed by atoms with Crippen LogP contribution in [0.5, 0.6) is 0 Å². The van der Waals surface area contributed by atoms with Crippen LogP contribution in [0.25, 0.3) is 4.96 Å². The van der Waals surface area contributed by atoms with Gasteiger partial charge in [0.2, 0.25) is 10.0 Å². The van der Waals surface area contributed by atoms with Gasteiger partial charge >= 0.3 is 0 Å². The minimum Gasteiger partial charge on any atom is -0.459 e. The molecular weight excluding hydrogens is 438 g/mol. The summed E-state index contributed by atoms with van der Waals surface area (Å²) in [6.07, 6.45) is 3.12. The number of nitrogens with zero attached hydrogens (tertiary/aromatic N) is 3. The number of amides is 1. The summed E-state index contributed by atoms with van der Waals surface area (Å²) in [6, 6.07) is 9.83. The van der Waals surface area contributed by atoms with Crippen LogP contribution in [0.2, 0.25) is 0 Å². The third-order valence-electron chi connectivity index (χ3n) is 4.46. The summed E-state index contributed by atoms with van der Waals surface area (Å²) in [5, 5.41) is 5.76. The van der Waals surface area contributed by atoms with E-state index in [9.17, 15) is 13.2 Å². The fourth-order valence-electron chi connectivity index (χ4n) is 2.90. The number of furan rings is 1. The number of hydrogen-bond donors (Lipinski definition) is 2. The third kappa shape index (κ3) is 4.58. The largest absolute Gasteiger partial charge is 0.459 e. The molecule has 0 radical (unpaired) electrons. The Hall–Kier alpha value is -3.28. The zero-order valence-electron chi connectivity index (χ0n) is 16.7. The molecule has 0 aliphatic heterocycles. The van der Waals surface area contributed by atoms with E-state index >= 15 is 0 Å². The second kappa shape index (κ2) is 8.46. The van der Waals surface area contributed by atoms with Gasteiger partial charge in [-0.05, 0) is 38.1 Å². The van der Waals surface area contributed by atoms with Gasteiger partial charge in [-0.2, -0.15) is 5.10 Å². The number of carbonyl (C=O) groups excluding carboxylic acids is 1. The number of imidazole rings is 1. The summed E-state index contributed by atoms with van der Waals surface area (Å²) in [5.41, 5.74) is 4.45. The van der Waals surface area contributed by atoms with Gasteiger partial charge in [0.25, 0.3) is 5.91 Å². The molecule has 3 aromatic heterocycles. The molecule has 0 aliphatic rings. The van der Waals surface area contributed by atoms with E-state index in [0.717, 1.165) is 10.5 Å². The lowest BCUT2D eigenvalue weighted by atomic mass is 10.2. The van der Waals surface area contributed by atoms with Crippen LogP contribution >= 0.6 is 11.3 Å². The number of nitrogens with one attached hydrogen (secondary N) is 2. The Balaban J connectivity index is 1.36. The molecule has 0 atom stereocenters. The van der Waals surface area contributed by atoms with Crippen LogP contribution in [0.15, 0.2) is 62.4 Å². The van der Waals surface area contributed by atoms with Crippen molar-refractivity contribution in [1.82, 2.24) is 19.5 Å². The Morgan fingerprint density at radius 1 is 1.23 bits per heavy atom. The van der Waals surface area contributed by atoms with Crippen molar-refractivity contribution >= 4 is 38.4 Å². The van der Waals surface area contributed by atoms with Crippen LogP contribution in [-0.2, 0) is 16.6 Å². The predicted molar refractivity (Wildman–Crippen MR) is 117 cm³/mol. The summed E-state index contributed by atoms with van der Waals surface area (Å²) < 4.78 is 34.4. The average molecular weight is 458 g/mol. The minimum absolute atomic E-state index is 0.0123. The smallest absolute Gasteiger partial charge is 0.290 e. The summed E-state index contributed by atoms with van der Waals surface area (Å²) >= 11 is 1.44. The van der Waals surface area contributed by atoms with E-state index in [1.165, 1.54) is 17.6 Å². The van der Waals surface area contributed by atoms with Crippen molar-refractivity contribution in [3.8, 4) is 0 Å². The van der Waals surface area contributed by atoms with E-state index in [0.29, 0.717) is 22.9 Å². The first-order valence-corrected chi connectivity index (χ1v) is 11.6. The summed E-state index contributed by atoms with van der Waals surface area (Å²) in [6.45, 7) is 3.63. The molecule has 9 nitrogen and oxygen atoms in total. The van der Waals surface area contributed by atoms with Gasteiger partial charge in [-0.3, -0.25) is 9.20 Å². The quantitative estimate of drug-likeness (QED) is 0.327. The minimum atomic E-state index is -3.64. The average Bonchev–Trinajstić information content (AvgIpc) is 3.43. The Labute approximate surface area is 182 Å². The standard InChI is InChI=1S/C20H19N5O4S2/c1-13-3-7-17(8-4-13)31(27,28)22-12-16-6-5-15(29-16)11-21-24-19(26)18-14(2)23-20-25(18)9-10-30-20/h3-11,22H,12H2,1-2H3,(H,24,26)/b21-11+. The molecule has 0 aliphatic carbocycles. The lowest BCUT2D eigenvalue weighted by Gasteiger charge is -2.05. The molecule has 0 unspecified atom stereocenters. The zero-order chi connectivity index (χ0) is 22.0. The Morgan fingerprint density at radius 2 is 2.00 bits per heavy atom. The fourth-order valence-corrected chi connectivity index (χ4v) is 4.65. The monoisotopic (exact) mass is 457 g/mol. The van der Waals surface area contributed by atoms with E-state index < -0.39 is 15.9 Å². The van der Waals surface area contributed by atoms with E-state index in [1.54, 1.807) is 53.9 Å². The highest BCUT2D eigenvalue weighted by molar-refractivity contribution is 7.89. The van der Waals surface area contributed by atoms with Crippen molar-refractivity contribution in [3.63, 3.8) is 0 Å². The Kier molecular flexibility index (Phi) is 5.72. The molecule has 0 spiro atoms. The van der Waals surface area contributed by atoms with Gasteiger partial charge in [-0.15, -0.1) is 11.3 Å². The topological polar surface area (TPSA) is 118 Å². The molecule has 11 heteroatoms. The number of thiazole rings is 1. The normalized spacial score (nSPS) is 12.1. The Bertz CT molecular complexity index is 1360. The number of aryl methyl sites for hydroxylation is 2. The van der Waals surface area contributed by atoms with Crippen LogP contribution in [-0.4, -0.2) is 29.9 Å². The van der Waals surface area contributed by atoms with Crippen molar-refractivity contribution < 1.29 is 17.6 Å². The maximum Gasteiger partial charge on any atom is 0.290 e. The van der Waals surface area contributed by atoms with Crippen molar-refractivity contribution in [1.29, 1.82) is 0 Å². The number of carbonyl (C=O) groups is 1. The molecule has 0 bridgehead atoms. The second-order valence-corrected chi connectivity index (χ2v) is 9.38. The van der Waals surface area contributed by atoms with Crippen molar-refractivity contribution in [3.05, 3.63) is 76.4 Å². The molecule has 31 heavy (non-hydrogen) atoms. The highest BCUT2D eigenvalue weighted by atomic mass is 32.2. The first-order chi connectivity index (χ1) is 14.8. The van der Waals surface area contributed by atoms with Crippen LogP contribution < -0.4 is 10.1 Å². The van der Waals surface area contributed by atoms with Gasteiger partial charge in [-0.1, -0.05) is 17.7 Å². The number of hydrazone groups is 1. The summed E-state index contributed by atoms with van der Waals surface area (Å²) in [7, 11) is -3.64. The maximum absolute atomic E-state index is 12.4. The molecule has 0 saturated carbocycles. The first kappa shape index (κ1) is 21.0. The first-order valence-electron chi connectivity index (χ1n) is 9.24. The molecule has 1 amide bonds. The Morgan fingerprint density at radius 3 is 2.77 bits per heavy atom. The van der Waals surface area contributed by atoms with Gasteiger partial charge in [0.05, 0.1) is 23.3 Å². The molecule has 3 heterocycles. The lowest BCUT2D eigenvalue weighted by Crippen LogP contribution is -2.23. The number of benzene rings is 1.